The zero-order valence-electron chi connectivity index (χ0n) is 24.4. The van der Waals surface area contributed by atoms with E-state index < -0.39 is 28.7 Å². The first-order valence-electron chi connectivity index (χ1n) is 13.2. The molecule has 1 aromatic rings. The molecule has 3 rings (SSSR count). The van der Waals surface area contributed by atoms with Gasteiger partial charge in [-0.2, -0.15) is 5.26 Å². The Labute approximate surface area is 255 Å². The minimum Gasteiger partial charge on any atom is -0.481 e. The summed E-state index contributed by atoms with van der Waals surface area (Å²) in [7, 11) is 0. The maximum Gasteiger partial charge on any atom is 0.372 e. The summed E-state index contributed by atoms with van der Waals surface area (Å²) in [5.74, 6) is -2.66. The van der Waals surface area contributed by atoms with Crippen molar-refractivity contribution in [2.75, 3.05) is 66.1 Å². The Balaban J connectivity index is 0.000000330. The van der Waals surface area contributed by atoms with Gasteiger partial charge >= 0.3 is 17.9 Å². The van der Waals surface area contributed by atoms with Crippen LogP contribution >= 0.6 is 11.6 Å². The van der Waals surface area contributed by atoms with Crippen molar-refractivity contribution in [3.63, 3.8) is 0 Å². The molecule has 2 aliphatic rings. The van der Waals surface area contributed by atoms with Gasteiger partial charge in [-0.15, -0.1) is 13.2 Å². The number of rotatable bonds is 19. The highest BCUT2D eigenvalue weighted by atomic mass is 35.5. The lowest BCUT2D eigenvalue weighted by Crippen LogP contribution is -2.38. The molecule has 43 heavy (non-hydrogen) atoms. The van der Waals surface area contributed by atoms with E-state index in [-0.39, 0.29) is 44.2 Å². The molecule has 13 nitrogen and oxygen atoms in total. The van der Waals surface area contributed by atoms with Crippen LogP contribution in [0.2, 0.25) is 5.02 Å². The van der Waals surface area contributed by atoms with Crippen LogP contribution in [0.25, 0.3) is 0 Å². The zero-order chi connectivity index (χ0) is 32.3. The van der Waals surface area contributed by atoms with Crippen LogP contribution in [0.3, 0.4) is 0 Å². The fourth-order valence-corrected chi connectivity index (χ4v) is 3.08. The van der Waals surface area contributed by atoms with Gasteiger partial charge in [0, 0.05) is 5.02 Å². The number of ether oxygens (including phenoxy) is 6. The molecule has 0 saturated carbocycles. The van der Waals surface area contributed by atoms with Crippen molar-refractivity contribution in [2.24, 2.45) is 10.8 Å². The molecule has 1 aromatic carbocycles. The van der Waals surface area contributed by atoms with Crippen LogP contribution in [0, 0.1) is 10.8 Å². The largest absolute Gasteiger partial charge is 0.481 e. The summed E-state index contributed by atoms with van der Waals surface area (Å²) in [5.41, 5.74) is -1.81. The van der Waals surface area contributed by atoms with E-state index in [9.17, 15) is 19.5 Å². The summed E-state index contributed by atoms with van der Waals surface area (Å²) >= 11 is 5.56. The number of epoxide rings is 2. The second-order valence-electron chi connectivity index (χ2n) is 10.2. The summed E-state index contributed by atoms with van der Waals surface area (Å²) in [6.07, 6.45) is 3.45. The van der Waals surface area contributed by atoms with E-state index in [1.165, 1.54) is 12.1 Å². The number of hydrogen-bond donors (Lipinski definition) is 3. The Bertz CT molecular complexity index is 991. The summed E-state index contributed by atoms with van der Waals surface area (Å²) < 4.78 is 30.9. The van der Waals surface area contributed by atoms with Crippen molar-refractivity contribution in [3.05, 3.63) is 60.2 Å². The van der Waals surface area contributed by atoms with Gasteiger partial charge < -0.3 is 38.6 Å². The van der Waals surface area contributed by atoms with Gasteiger partial charge in [0.05, 0.1) is 71.6 Å². The lowest BCUT2D eigenvalue weighted by atomic mass is 9.93. The van der Waals surface area contributed by atoms with Crippen molar-refractivity contribution in [1.82, 2.24) is 0 Å². The number of carbonyl (C=O) groups is 3. The number of halogens is 1. The lowest BCUT2D eigenvalue weighted by molar-refractivity contribution is -0.182. The van der Waals surface area contributed by atoms with Crippen molar-refractivity contribution in [2.45, 2.75) is 26.1 Å². The molecule has 2 saturated heterocycles. The van der Waals surface area contributed by atoms with E-state index >= 15 is 0 Å². The maximum atomic E-state index is 11.2. The minimum atomic E-state index is -1.02. The Morgan fingerprint density at radius 3 is 1.63 bits per heavy atom. The van der Waals surface area contributed by atoms with E-state index in [1.807, 2.05) is 0 Å². The van der Waals surface area contributed by atoms with Gasteiger partial charge in [-0.05, 0) is 32.0 Å². The van der Waals surface area contributed by atoms with E-state index in [0.29, 0.717) is 44.7 Å². The molecule has 0 aliphatic carbocycles. The van der Waals surface area contributed by atoms with Gasteiger partial charge in [-0.1, -0.05) is 29.8 Å². The Morgan fingerprint density at radius 2 is 1.30 bits per heavy atom. The van der Waals surface area contributed by atoms with Gasteiger partial charge in [-0.3, -0.25) is 14.5 Å². The summed E-state index contributed by atoms with van der Waals surface area (Å²) in [6, 6.07) is 6.11. The van der Waals surface area contributed by atoms with Crippen molar-refractivity contribution in [3.8, 4) is 0 Å². The van der Waals surface area contributed by atoms with E-state index in [1.54, 1.807) is 38.1 Å². The van der Waals surface area contributed by atoms with Crippen LogP contribution in [0.5, 0.6) is 0 Å². The van der Waals surface area contributed by atoms with Crippen molar-refractivity contribution < 1.29 is 63.2 Å². The highest BCUT2D eigenvalue weighted by molar-refractivity contribution is 6.30. The van der Waals surface area contributed by atoms with Crippen LogP contribution in [-0.4, -0.2) is 112 Å². The summed E-state index contributed by atoms with van der Waals surface area (Å²) in [4.78, 5) is 36.3. The molecule has 2 atom stereocenters. The molecule has 0 radical (unpaired) electrons. The number of carboxylic acid groups (broad SMARTS) is 2. The molecule has 0 bridgehead atoms. The molecule has 2 fully saturated rings. The predicted octanol–water partition coefficient (Wildman–Crippen LogP) is 3.36. The van der Waals surface area contributed by atoms with E-state index in [0.717, 1.165) is 0 Å². The third-order valence-electron chi connectivity index (χ3n) is 5.74. The topological polar surface area (TPSA) is 183 Å². The average molecular weight is 633 g/mol. The molecule has 0 spiro atoms. The molecule has 14 heteroatoms. The first-order valence-corrected chi connectivity index (χ1v) is 13.6. The normalized spacial score (nSPS) is 18.0. The second kappa shape index (κ2) is 20.1. The standard InChI is InChI=1S/C11H18O6.C11H18O4.C7H5ClO3/c1-11(10(12)13,6-14-2-8-4-16-8)7-15-3-9-5-17-9;1-4-6-14-8-11(3,10(12)13)9-15-7-5-2;8-6-3-1-2-5(4-6)7(9)11-10/h8-9H,2-7H2,1H3,(H,12,13);4-5H,1-2,6-9H2,3H3,(H,12,13);1-4,10H. The molecule has 2 unspecified atom stereocenters. The number of hydrogen-bond acceptors (Lipinski definition) is 11. The minimum absolute atomic E-state index is 0.103. The van der Waals surface area contributed by atoms with Gasteiger partial charge in [0.15, 0.2) is 0 Å². The van der Waals surface area contributed by atoms with Gasteiger partial charge in [0.1, 0.15) is 23.0 Å². The van der Waals surface area contributed by atoms with Crippen LogP contribution in [-0.2, 0) is 42.9 Å². The highest BCUT2D eigenvalue weighted by Gasteiger charge is 2.36. The van der Waals surface area contributed by atoms with Crippen molar-refractivity contribution >= 4 is 29.5 Å². The van der Waals surface area contributed by atoms with Crippen LogP contribution < -0.4 is 0 Å². The van der Waals surface area contributed by atoms with Gasteiger partial charge in [0.2, 0.25) is 0 Å². The van der Waals surface area contributed by atoms with E-state index in [4.69, 9.17) is 50.4 Å². The number of carboxylic acids is 2. The first-order chi connectivity index (χ1) is 20.4. The maximum absolute atomic E-state index is 11.2. The Morgan fingerprint density at radius 1 is 0.884 bits per heavy atom. The van der Waals surface area contributed by atoms with Crippen LogP contribution in [0.1, 0.15) is 24.2 Å². The van der Waals surface area contributed by atoms with Crippen LogP contribution in [0.4, 0.5) is 0 Å². The third kappa shape index (κ3) is 16.5. The van der Waals surface area contributed by atoms with Crippen LogP contribution in [0.15, 0.2) is 49.6 Å². The smallest absolute Gasteiger partial charge is 0.372 e. The number of benzene rings is 1. The molecule has 242 valence electrons. The summed E-state index contributed by atoms with van der Waals surface area (Å²) in [5, 5.41) is 26.6. The fourth-order valence-electron chi connectivity index (χ4n) is 2.89. The predicted molar refractivity (Wildman–Crippen MR) is 154 cm³/mol. The highest BCUT2D eigenvalue weighted by Crippen LogP contribution is 2.21. The average Bonchev–Trinajstić information content (AvgIpc) is 3.90. The molecule has 0 aromatic heterocycles. The molecule has 2 heterocycles. The van der Waals surface area contributed by atoms with Gasteiger partial charge in [-0.25, -0.2) is 4.79 Å². The Hall–Kier alpha value is -2.88. The molecule has 0 amide bonds. The molecule has 3 N–H and O–H groups in total. The molecular weight excluding hydrogens is 592 g/mol. The number of aliphatic carboxylic acids is 2. The zero-order valence-corrected chi connectivity index (χ0v) is 25.2. The third-order valence-corrected chi connectivity index (χ3v) is 5.98. The molecule has 2 aliphatic heterocycles. The van der Waals surface area contributed by atoms with Gasteiger partial charge in [0.25, 0.3) is 0 Å². The lowest BCUT2D eigenvalue weighted by Gasteiger charge is -2.24. The monoisotopic (exact) mass is 632 g/mol. The SMILES string of the molecule is C=CCOCC(C)(COCC=C)C(=O)O.CC(COCC1CO1)(COCC1CO1)C(=O)O.O=C(OO)c1cccc(Cl)c1. The first kappa shape index (κ1) is 38.1. The Kier molecular flexibility index (Phi) is 17.9. The van der Waals surface area contributed by atoms with E-state index in [2.05, 4.69) is 18.0 Å². The second-order valence-corrected chi connectivity index (χ2v) is 10.6. The van der Waals surface area contributed by atoms with Crippen molar-refractivity contribution in [1.29, 1.82) is 0 Å². The summed E-state index contributed by atoms with van der Waals surface area (Å²) in [6.45, 7) is 13.6. The number of carbonyl (C=O) groups excluding carboxylic acids is 1. The quantitative estimate of drug-likeness (QED) is 0.0664. The molecular formula is C29H41ClO13. The fraction of sp³-hybridized carbons (Fsp3) is 0.552.